The predicted octanol–water partition coefficient (Wildman–Crippen LogP) is 4.22. The van der Waals surface area contributed by atoms with Crippen LogP contribution >= 0.6 is 11.8 Å². The Morgan fingerprint density at radius 1 is 0.923 bits per heavy atom. The molecule has 52 heavy (non-hydrogen) atoms. The Balaban J connectivity index is 0.000000564. The Bertz CT molecular complexity index is 1480. The fourth-order valence-electron chi connectivity index (χ4n) is 5.71. The molecule has 12 nitrogen and oxygen atoms in total. The molecule has 2 aliphatic heterocycles. The van der Waals surface area contributed by atoms with Crippen LogP contribution in [0, 0.1) is 5.92 Å². The molecule has 2 fully saturated rings. The molecule has 5 N–H and O–H groups in total. The van der Waals surface area contributed by atoms with Gasteiger partial charge in [0.05, 0.1) is 6.54 Å². The summed E-state index contributed by atoms with van der Waals surface area (Å²) in [6.07, 6.45) is -4.24. The smallest absolute Gasteiger partial charge is 0.480 e. The van der Waals surface area contributed by atoms with E-state index < -0.39 is 36.3 Å². The minimum Gasteiger partial charge on any atom is -0.480 e. The maximum absolute atomic E-state index is 13.4. The summed E-state index contributed by atoms with van der Waals surface area (Å²) in [7, 11) is 0. The fourth-order valence-corrected chi connectivity index (χ4v) is 6.18. The number of fused-ring (bicyclic) bond motifs is 1. The number of carbonyl (C=O) groups is 5. The SMILES string of the molecule is CSCC[C@H](NC(=O)CN(Cc1cccc2ccccc12)C[C@@H]1CCCN1C(=O)C1CCNCC1)C(=O)O.O=C(O)C(F)(F)F.O=C(O)C(F)(F)F. The van der Waals surface area contributed by atoms with Gasteiger partial charge in [0.1, 0.15) is 6.04 Å². The van der Waals surface area contributed by atoms with Crippen LogP contribution in [0.2, 0.25) is 0 Å². The molecule has 0 unspecified atom stereocenters. The molecule has 2 amide bonds. The fraction of sp³-hybridized carbons (Fsp3) is 0.545. The van der Waals surface area contributed by atoms with Crippen LogP contribution in [-0.2, 0) is 30.5 Å². The Labute approximate surface area is 299 Å². The van der Waals surface area contributed by atoms with E-state index in [0.717, 1.165) is 61.7 Å². The zero-order valence-corrected chi connectivity index (χ0v) is 29.0. The van der Waals surface area contributed by atoms with Gasteiger partial charge in [0.15, 0.2) is 0 Å². The molecule has 0 spiro atoms. The number of benzene rings is 2. The number of carboxylic acid groups (broad SMARTS) is 3. The van der Waals surface area contributed by atoms with E-state index in [4.69, 9.17) is 19.8 Å². The van der Waals surface area contributed by atoms with Crippen molar-refractivity contribution in [2.24, 2.45) is 5.92 Å². The van der Waals surface area contributed by atoms with E-state index in [1.807, 2.05) is 29.4 Å². The second-order valence-corrected chi connectivity index (χ2v) is 13.0. The van der Waals surface area contributed by atoms with Gasteiger partial charge in [-0.2, -0.15) is 38.1 Å². The zero-order chi connectivity index (χ0) is 39.1. The van der Waals surface area contributed by atoms with E-state index in [-0.39, 0.29) is 30.3 Å². The highest BCUT2D eigenvalue weighted by Gasteiger charge is 2.39. The zero-order valence-electron chi connectivity index (χ0n) is 28.2. The van der Waals surface area contributed by atoms with Crippen LogP contribution in [-0.4, -0.2) is 124 Å². The van der Waals surface area contributed by atoms with Crippen molar-refractivity contribution in [2.75, 3.05) is 44.7 Å². The number of carbonyl (C=O) groups excluding carboxylic acids is 2. The van der Waals surface area contributed by atoms with Crippen molar-refractivity contribution in [3.63, 3.8) is 0 Å². The number of thioether (sulfide) groups is 1. The van der Waals surface area contributed by atoms with Gasteiger partial charge in [-0.3, -0.25) is 14.5 Å². The van der Waals surface area contributed by atoms with Gasteiger partial charge >= 0.3 is 30.3 Å². The quantitative estimate of drug-likeness (QED) is 0.196. The minimum absolute atomic E-state index is 0.0481. The van der Waals surface area contributed by atoms with E-state index >= 15 is 0 Å². The molecule has 19 heteroatoms. The van der Waals surface area contributed by atoms with Crippen molar-refractivity contribution in [1.82, 2.24) is 20.4 Å². The lowest BCUT2D eigenvalue weighted by Crippen LogP contribution is -2.50. The predicted molar refractivity (Wildman–Crippen MR) is 180 cm³/mol. The van der Waals surface area contributed by atoms with Gasteiger partial charge in [-0.15, -0.1) is 0 Å². The average Bonchev–Trinajstić information content (AvgIpc) is 3.54. The third-order valence-electron chi connectivity index (χ3n) is 8.19. The van der Waals surface area contributed by atoms with Crippen molar-refractivity contribution < 1.29 is 65.6 Å². The first kappa shape index (κ1) is 44.1. The number of amides is 2. The first-order valence-electron chi connectivity index (χ1n) is 16.2. The highest BCUT2D eigenvalue weighted by atomic mass is 32.2. The van der Waals surface area contributed by atoms with Crippen molar-refractivity contribution in [1.29, 1.82) is 0 Å². The van der Waals surface area contributed by atoms with Gasteiger partial charge in [-0.25, -0.2) is 14.4 Å². The number of carboxylic acids is 3. The number of likely N-dealkylation sites (tertiary alicyclic amines) is 1. The lowest BCUT2D eigenvalue weighted by molar-refractivity contribution is -0.193. The number of hydrogen-bond acceptors (Lipinski definition) is 8. The summed E-state index contributed by atoms with van der Waals surface area (Å²) in [6.45, 7) is 3.72. The molecule has 2 saturated heterocycles. The maximum atomic E-state index is 13.4. The number of halogens is 6. The van der Waals surface area contributed by atoms with E-state index in [9.17, 15) is 45.8 Å². The van der Waals surface area contributed by atoms with Crippen LogP contribution in [0.3, 0.4) is 0 Å². The first-order chi connectivity index (χ1) is 24.3. The Morgan fingerprint density at radius 3 is 2.06 bits per heavy atom. The number of alkyl halides is 6. The summed E-state index contributed by atoms with van der Waals surface area (Å²) >= 11 is 1.56. The Kier molecular flexibility index (Phi) is 17.6. The van der Waals surface area contributed by atoms with Gasteiger partial charge in [0.2, 0.25) is 11.8 Å². The Hall–Kier alpha value is -4.10. The van der Waals surface area contributed by atoms with Gasteiger partial charge in [0, 0.05) is 31.6 Å². The van der Waals surface area contributed by atoms with Gasteiger partial charge in [0.25, 0.3) is 0 Å². The molecule has 2 atom stereocenters. The number of rotatable bonds is 12. The molecule has 2 aliphatic rings. The van der Waals surface area contributed by atoms with E-state index in [1.54, 1.807) is 11.8 Å². The van der Waals surface area contributed by atoms with E-state index in [0.29, 0.717) is 25.3 Å². The number of nitrogens with one attached hydrogen (secondary N) is 2. The summed E-state index contributed by atoms with van der Waals surface area (Å²) in [5.41, 5.74) is 1.11. The molecular weight excluding hydrogens is 726 g/mol. The summed E-state index contributed by atoms with van der Waals surface area (Å²) in [4.78, 5) is 60.2. The van der Waals surface area contributed by atoms with Crippen molar-refractivity contribution in [2.45, 2.75) is 63.1 Å². The summed E-state index contributed by atoms with van der Waals surface area (Å²) in [5.74, 6) is -5.85. The van der Waals surface area contributed by atoms with Crippen LogP contribution in [0.4, 0.5) is 26.3 Å². The second-order valence-electron chi connectivity index (χ2n) is 12.0. The van der Waals surface area contributed by atoms with Crippen molar-refractivity contribution in [3.05, 3.63) is 48.0 Å². The highest BCUT2D eigenvalue weighted by molar-refractivity contribution is 7.98. The molecule has 4 rings (SSSR count). The normalized spacial score (nSPS) is 17.0. The number of piperidine rings is 1. The van der Waals surface area contributed by atoms with Crippen LogP contribution in [0.25, 0.3) is 10.8 Å². The van der Waals surface area contributed by atoms with Crippen molar-refractivity contribution >= 4 is 52.3 Å². The topological polar surface area (TPSA) is 177 Å². The standard InChI is InChI=1S/C29H40N4O4S.2C2HF3O2/c1-38-17-13-26(29(36)37)31-27(34)20-32(18-23-8-4-7-21-6-2-3-10-25(21)23)19-24-9-5-16-33(24)28(35)22-11-14-30-15-12-22;2*3-2(4,5)1(6)7/h2-4,6-8,10,22,24,26,30H,5,9,11-20H2,1H3,(H,31,34)(H,36,37);2*(H,6,7)/t24-,26-;;/m0../s1. The number of hydrogen-bond donors (Lipinski definition) is 5. The molecule has 0 radical (unpaired) electrons. The molecule has 290 valence electrons. The lowest BCUT2D eigenvalue weighted by Gasteiger charge is -2.34. The van der Waals surface area contributed by atoms with E-state index in [1.165, 1.54) is 0 Å². The third kappa shape index (κ3) is 14.9. The van der Waals surface area contributed by atoms with Gasteiger partial charge < -0.3 is 30.9 Å². The summed E-state index contributed by atoms with van der Waals surface area (Å²) < 4.78 is 63.5. The number of nitrogens with zero attached hydrogens (tertiary/aromatic N) is 2. The average molecular weight is 769 g/mol. The van der Waals surface area contributed by atoms with Gasteiger partial charge in [-0.05, 0) is 73.5 Å². The van der Waals surface area contributed by atoms with Gasteiger partial charge in [-0.1, -0.05) is 42.5 Å². The molecule has 2 aromatic rings. The molecule has 0 aromatic heterocycles. The molecule has 0 aliphatic carbocycles. The summed E-state index contributed by atoms with van der Waals surface area (Å²) in [5, 5.41) is 32.2. The lowest BCUT2D eigenvalue weighted by atomic mass is 9.96. The Morgan fingerprint density at radius 2 is 1.50 bits per heavy atom. The van der Waals surface area contributed by atoms with Crippen molar-refractivity contribution in [3.8, 4) is 0 Å². The van der Waals surface area contributed by atoms with Crippen LogP contribution in [0.15, 0.2) is 42.5 Å². The number of aliphatic carboxylic acids is 3. The maximum Gasteiger partial charge on any atom is 0.490 e. The van der Waals surface area contributed by atoms with Crippen LogP contribution in [0.5, 0.6) is 0 Å². The molecule has 2 aromatic carbocycles. The first-order valence-corrected chi connectivity index (χ1v) is 17.6. The minimum atomic E-state index is -5.08. The highest BCUT2D eigenvalue weighted by Crippen LogP contribution is 2.26. The van der Waals surface area contributed by atoms with Crippen LogP contribution < -0.4 is 10.6 Å². The van der Waals surface area contributed by atoms with Crippen LogP contribution in [0.1, 0.15) is 37.7 Å². The molecular formula is C33H42F6N4O8S. The van der Waals surface area contributed by atoms with E-state index in [2.05, 4.69) is 39.8 Å². The summed E-state index contributed by atoms with van der Waals surface area (Å²) in [6, 6.07) is 13.5. The second kappa shape index (κ2) is 20.8. The largest absolute Gasteiger partial charge is 0.490 e. The molecule has 0 saturated carbocycles. The monoisotopic (exact) mass is 768 g/mol. The molecule has 2 heterocycles. The molecule has 0 bridgehead atoms. The third-order valence-corrected chi connectivity index (χ3v) is 8.83.